The van der Waals surface area contributed by atoms with E-state index in [9.17, 15) is 14.9 Å². The van der Waals surface area contributed by atoms with Crippen molar-refractivity contribution in [1.29, 1.82) is 0 Å². The van der Waals surface area contributed by atoms with Crippen LogP contribution in [0.25, 0.3) is 15.5 Å². The summed E-state index contributed by atoms with van der Waals surface area (Å²) in [4.78, 5) is 23.6. The second-order valence-electron chi connectivity index (χ2n) is 6.24. The normalized spacial score (nSPS) is 10.9. The van der Waals surface area contributed by atoms with E-state index in [1.165, 1.54) is 42.7 Å². The number of methoxy groups -OCH3 is 1. The predicted octanol–water partition coefficient (Wildman–Crippen LogP) is 3.58. The van der Waals surface area contributed by atoms with Gasteiger partial charge in [-0.3, -0.25) is 14.9 Å². The van der Waals surface area contributed by atoms with E-state index in [1.54, 1.807) is 16.6 Å². The van der Waals surface area contributed by atoms with Crippen molar-refractivity contribution < 1.29 is 14.5 Å². The molecule has 0 aliphatic carbocycles. The fourth-order valence-electron chi connectivity index (χ4n) is 2.86. The molecular weight excluding hydrogens is 408 g/mol. The molecule has 0 bridgehead atoms. The van der Waals surface area contributed by atoms with Crippen molar-refractivity contribution >= 4 is 33.6 Å². The maximum atomic E-state index is 12.6. The van der Waals surface area contributed by atoms with E-state index in [1.807, 2.05) is 13.0 Å². The van der Waals surface area contributed by atoms with Gasteiger partial charge in [-0.1, -0.05) is 18.3 Å². The largest absolute Gasteiger partial charge is 0.495 e. The van der Waals surface area contributed by atoms with Crippen LogP contribution in [0.2, 0.25) is 0 Å². The van der Waals surface area contributed by atoms with Crippen LogP contribution < -0.4 is 10.1 Å². The van der Waals surface area contributed by atoms with E-state index in [0.29, 0.717) is 28.4 Å². The summed E-state index contributed by atoms with van der Waals surface area (Å²) < 4.78 is 7.06. The standard InChI is InChI=1S/C19H16N6O4S/c1-3-16-21-22-19-24(16)23-18(30-19)12-6-9-15(29-2)14(10-12)20-17(26)11-4-7-13(8-5-11)25(27)28/h4-10H,3H2,1-2H3,(H,20,26). The van der Waals surface area contributed by atoms with Crippen molar-refractivity contribution in [3.8, 4) is 16.3 Å². The molecule has 0 radical (unpaired) electrons. The van der Waals surface area contributed by atoms with E-state index in [2.05, 4.69) is 20.6 Å². The number of nitrogens with one attached hydrogen (secondary N) is 1. The first-order valence-electron chi connectivity index (χ1n) is 8.95. The summed E-state index contributed by atoms with van der Waals surface area (Å²) in [5.74, 6) is 0.839. The number of amides is 1. The zero-order chi connectivity index (χ0) is 21.3. The van der Waals surface area contributed by atoms with E-state index in [4.69, 9.17) is 4.74 Å². The van der Waals surface area contributed by atoms with Crippen molar-refractivity contribution in [2.75, 3.05) is 12.4 Å². The monoisotopic (exact) mass is 424 g/mol. The Morgan fingerprint density at radius 1 is 1.23 bits per heavy atom. The van der Waals surface area contributed by atoms with Gasteiger partial charge in [-0.05, 0) is 30.3 Å². The summed E-state index contributed by atoms with van der Waals surface area (Å²) in [6, 6.07) is 10.7. The number of fused-ring (bicyclic) bond motifs is 1. The molecule has 0 atom stereocenters. The number of nitrogens with zero attached hydrogens (tertiary/aromatic N) is 5. The van der Waals surface area contributed by atoms with Gasteiger partial charge in [0.05, 0.1) is 17.7 Å². The van der Waals surface area contributed by atoms with Crippen LogP contribution in [-0.4, -0.2) is 37.8 Å². The van der Waals surface area contributed by atoms with Crippen molar-refractivity contribution in [3.63, 3.8) is 0 Å². The Morgan fingerprint density at radius 3 is 2.67 bits per heavy atom. The summed E-state index contributed by atoms with van der Waals surface area (Å²) in [5, 5.41) is 27.1. The van der Waals surface area contributed by atoms with Crippen LogP contribution in [0.1, 0.15) is 23.1 Å². The van der Waals surface area contributed by atoms with E-state index < -0.39 is 10.8 Å². The van der Waals surface area contributed by atoms with Gasteiger partial charge >= 0.3 is 0 Å². The quantitative estimate of drug-likeness (QED) is 0.370. The first-order chi connectivity index (χ1) is 14.5. The van der Waals surface area contributed by atoms with Crippen LogP contribution in [0.5, 0.6) is 5.75 Å². The number of non-ortho nitro benzene ring substituents is 1. The molecule has 0 unspecified atom stereocenters. The first kappa shape index (κ1) is 19.5. The van der Waals surface area contributed by atoms with Gasteiger partial charge < -0.3 is 10.1 Å². The molecule has 0 spiro atoms. The van der Waals surface area contributed by atoms with Gasteiger partial charge in [-0.15, -0.1) is 10.2 Å². The van der Waals surface area contributed by atoms with Gasteiger partial charge in [0.2, 0.25) is 4.96 Å². The molecule has 152 valence electrons. The van der Waals surface area contributed by atoms with Crippen molar-refractivity contribution in [2.24, 2.45) is 0 Å². The number of benzene rings is 2. The topological polar surface area (TPSA) is 125 Å². The average molecular weight is 424 g/mol. The van der Waals surface area contributed by atoms with E-state index in [-0.39, 0.29) is 5.69 Å². The molecule has 1 amide bonds. The molecule has 2 aromatic heterocycles. The summed E-state index contributed by atoms with van der Waals surface area (Å²) in [5.41, 5.74) is 1.45. The molecule has 0 aliphatic rings. The molecule has 4 rings (SSSR count). The highest BCUT2D eigenvalue weighted by Gasteiger charge is 2.16. The summed E-state index contributed by atoms with van der Waals surface area (Å²) in [6.07, 6.45) is 0.712. The van der Waals surface area contributed by atoms with Crippen LogP contribution in [-0.2, 0) is 6.42 Å². The molecule has 11 heteroatoms. The Morgan fingerprint density at radius 2 is 2.00 bits per heavy atom. The second kappa shape index (κ2) is 7.87. The minimum atomic E-state index is -0.515. The highest BCUT2D eigenvalue weighted by Crippen LogP contribution is 2.33. The molecule has 2 heterocycles. The van der Waals surface area contributed by atoms with E-state index in [0.717, 1.165) is 16.4 Å². The molecule has 0 aliphatic heterocycles. The van der Waals surface area contributed by atoms with Gasteiger partial charge in [0.25, 0.3) is 11.6 Å². The van der Waals surface area contributed by atoms with Crippen LogP contribution in [0.4, 0.5) is 11.4 Å². The maximum Gasteiger partial charge on any atom is 0.269 e. The van der Waals surface area contributed by atoms with Gasteiger partial charge in [0.1, 0.15) is 10.8 Å². The Kier molecular flexibility index (Phi) is 5.11. The smallest absolute Gasteiger partial charge is 0.269 e. The molecule has 0 saturated heterocycles. The van der Waals surface area contributed by atoms with Crippen LogP contribution in [0.3, 0.4) is 0 Å². The number of ether oxygens (including phenoxy) is 1. The highest BCUT2D eigenvalue weighted by molar-refractivity contribution is 7.19. The molecular formula is C19H16N6O4S. The Balaban J connectivity index is 1.64. The number of nitro benzene ring substituents is 1. The molecule has 30 heavy (non-hydrogen) atoms. The summed E-state index contributed by atoms with van der Waals surface area (Å²) in [7, 11) is 1.51. The minimum Gasteiger partial charge on any atom is -0.495 e. The number of hydrogen-bond donors (Lipinski definition) is 1. The maximum absolute atomic E-state index is 12.6. The van der Waals surface area contributed by atoms with Crippen LogP contribution in [0.15, 0.2) is 42.5 Å². The number of rotatable bonds is 6. The lowest BCUT2D eigenvalue weighted by Gasteiger charge is -2.11. The number of nitro groups is 1. The molecule has 0 fully saturated rings. The fourth-order valence-corrected chi connectivity index (χ4v) is 3.72. The summed E-state index contributed by atoms with van der Waals surface area (Å²) in [6.45, 7) is 1.98. The third kappa shape index (κ3) is 3.57. The van der Waals surface area contributed by atoms with Crippen LogP contribution >= 0.6 is 11.3 Å². The predicted molar refractivity (Wildman–Crippen MR) is 111 cm³/mol. The molecule has 1 N–H and O–H groups in total. The lowest BCUT2D eigenvalue weighted by molar-refractivity contribution is -0.384. The lowest BCUT2D eigenvalue weighted by atomic mass is 10.1. The molecule has 10 nitrogen and oxygen atoms in total. The minimum absolute atomic E-state index is 0.0825. The van der Waals surface area contributed by atoms with Crippen LogP contribution in [0, 0.1) is 10.1 Å². The number of carbonyl (C=O) groups excluding carboxylic acids is 1. The Bertz CT molecular complexity index is 1250. The SMILES string of the molecule is CCc1nnc2sc(-c3ccc(OC)c(NC(=O)c4ccc([N+](=O)[O-])cc4)c3)nn12. The Hall–Kier alpha value is -3.86. The summed E-state index contributed by atoms with van der Waals surface area (Å²) >= 11 is 1.39. The average Bonchev–Trinajstić information content (AvgIpc) is 3.34. The number of aromatic nitrogens is 4. The van der Waals surface area contributed by atoms with Gasteiger partial charge in [0.15, 0.2) is 5.82 Å². The Labute approximate surface area is 174 Å². The van der Waals surface area contributed by atoms with Crippen molar-refractivity contribution in [3.05, 3.63) is 64.0 Å². The number of hydrogen-bond acceptors (Lipinski definition) is 8. The van der Waals surface area contributed by atoms with Gasteiger partial charge in [0, 0.05) is 29.7 Å². The molecule has 2 aromatic carbocycles. The van der Waals surface area contributed by atoms with Gasteiger partial charge in [-0.25, -0.2) is 0 Å². The van der Waals surface area contributed by atoms with Crippen molar-refractivity contribution in [1.82, 2.24) is 19.8 Å². The zero-order valence-corrected chi connectivity index (χ0v) is 16.8. The number of anilines is 1. The lowest BCUT2D eigenvalue weighted by Crippen LogP contribution is -2.12. The van der Waals surface area contributed by atoms with E-state index >= 15 is 0 Å². The molecule has 0 saturated carbocycles. The first-order valence-corrected chi connectivity index (χ1v) is 9.77. The second-order valence-corrected chi connectivity index (χ2v) is 7.20. The third-order valence-electron chi connectivity index (χ3n) is 4.41. The highest BCUT2D eigenvalue weighted by atomic mass is 32.1. The number of aryl methyl sites for hydroxylation is 1. The number of carbonyl (C=O) groups is 1. The molecule has 4 aromatic rings. The third-order valence-corrected chi connectivity index (χ3v) is 5.35. The zero-order valence-electron chi connectivity index (χ0n) is 16.0. The van der Waals surface area contributed by atoms with Crippen molar-refractivity contribution in [2.45, 2.75) is 13.3 Å². The van der Waals surface area contributed by atoms with Gasteiger partial charge in [-0.2, -0.15) is 9.61 Å². The fraction of sp³-hybridized carbons (Fsp3) is 0.158.